The molecule has 9 heteroatoms. The van der Waals surface area contributed by atoms with Gasteiger partial charge < -0.3 is 4.74 Å². The Balaban J connectivity index is 4.90. The van der Waals surface area contributed by atoms with Crippen LogP contribution < -0.4 is 0 Å². The van der Waals surface area contributed by atoms with Crippen LogP contribution >= 0.6 is 0 Å². The Labute approximate surface area is 105 Å². The maximum absolute atomic E-state index is 12.9. The number of carbonyl (C=O) groups is 1. The van der Waals surface area contributed by atoms with Gasteiger partial charge in [-0.2, -0.15) is 22.0 Å². The van der Waals surface area contributed by atoms with Crippen LogP contribution in [0.3, 0.4) is 0 Å². The van der Waals surface area contributed by atoms with Gasteiger partial charge in [-0.3, -0.25) is 4.74 Å². The normalized spacial score (nSPS) is 15.0. The standard InChI is InChI=1S/C10H12F6O3/c1-5(2)6(17)18-8(3,4)19-10(15,16)7(11)9(12,13)14/h7H,1H2,2-4H3. The summed E-state index contributed by atoms with van der Waals surface area (Å²) >= 11 is 0. The fourth-order valence-electron chi connectivity index (χ4n) is 0.901. The third-order valence-electron chi connectivity index (χ3n) is 1.65. The van der Waals surface area contributed by atoms with Gasteiger partial charge in [-0.1, -0.05) is 6.58 Å². The summed E-state index contributed by atoms with van der Waals surface area (Å²) in [4.78, 5) is 11.0. The molecule has 0 aliphatic heterocycles. The number of rotatable bonds is 5. The number of hydrogen-bond acceptors (Lipinski definition) is 3. The van der Waals surface area contributed by atoms with E-state index in [9.17, 15) is 31.1 Å². The summed E-state index contributed by atoms with van der Waals surface area (Å²) in [6.07, 6.45) is -15.5. The van der Waals surface area contributed by atoms with E-state index in [0.717, 1.165) is 13.8 Å². The van der Waals surface area contributed by atoms with E-state index < -0.39 is 30.2 Å². The zero-order chi connectivity index (χ0) is 15.6. The summed E-state index contributed by atoms with van der Waals surface area (Å²) in [7, 11) is 0. The van der Waals surface area contributed by atoms with Crippen LogP contribution in [-0.4, -0.2) is 30.2 Å². The molecular weight excluding hydrogens is 282 g/mol. The van der Waals surface area contributed by atoms with Gasteiger partial charge in [0.25, 0.3) is 6.17 Å². The first kappa shape index (κ1) is 17.8. The summed E-state index contributed by atoms with van der Waals surface area (Å²) < 4.78 is 81.9. The lowest BCUT2D eigenvalue weighted by atomic mass is 10.3. The Kier molecular flexibility index (Phi) is 5.04. The number of ether oxygens (including phenoxy) is 2. The quantitative estimate of drug-likeness (QED) is 0.337. The van der Waals surface area contributed by atoms with E-state index >= 15 is 0 Å². The molecule has 1 unspecified atom stereocenters. The second kappa shape index (κ2) is 5.40. The molecular formula is C10H12F6O3. The lowest BCUT2D eigenvalue weighted by Crippen LogP contribution is -2.49. The number of carbonyl (C=O) groups excluding carboxylic acids is 1. The zero-order valence-electron chi connectivity index (χ0n) is 10.3. The van der Waals surface area contributed by atoms with Gasteiger partial charge in [-0.15, -0.1) is 0 Å². The molecule has 0 radical (unpaired) electrons. The summed E-state index contributed by atoms with van der Waals surface area (Å²) in [5.74, 6) is -3.63. The maximum Gasteiger partial charge on any atom is 0.428 e. The van der Waals surface area contributed by atoms with Crippen LogP contribution in [0.5, 0.6) is 0 Å². The first-order chi connectivity index (χ1) is 8.19. The smallest absolute Gasteiger partial charge is 0.428 e. The highest BCUT2D eigenvalue weighted by atomic mass is 19.4. The minimum Gasteiger partial charge on any atom is -0.430 e. The van der Waals surface area contributed by atoms with E-state index in [4.69, 9.17) is 0 Å². The molecule has 0 spiro atoms. The fraction of sp³-hybridized carbons (Fsp3) is 0.700. The maximum atomic E-state index is 12.9. The van der Waals surface area contributed by atoms with Gasteiger partial charge in [0, 0.05) is 19.4 Å². The highest BCUT2D eigenvalue weighted by molar-refractivity contribution is 5.87. The molecule has 0 saturated heterocycles. The molecule has 3 nitrogen and oxygen atoms in total. The molecule has 0 aliphatic carbocycles. The van der Waals surface area contributed by atoms with Crippen molar-refractivity contribution in [2.24, 2.45) is 0 Å². The van der Waals surface area contributed by atoms with Crippen LogP contribution in [0.4, 0.5) is 26.3 Å². The molecule has 19 heavy (non-hydrogen) atoms. The number of hydrogen-bond donors (Lipinski definition) is 0. The second-order valence-electron chi connectivity index (χ2n) is 4.14. The third kappa shape index (κ3) is 5.50. The van der Waals surface area contributed by atoms with Gasteiger partial charge in [0.1, 0.15) is 0 Å². The molecule has 0 N–H and O–H groups in total. The van der Waals surface area contributed by atoms with Crippen LogP contribution in [0.25, 0.3) is 0 Å². The minimum atomic E-state index is -5.81. The van der Waals surface area contributed by atoms with E-state index in [-0.39, 0.29) is 5.57 Å². The predicted molar refractivity (Wildman–Crippen MR) is 52.0 cm³/mol. The second-order valence-corrected chi connectivity index (χ2v) is 4.14. The topological polar surface area (TPSA) is 35.5 Å². The van der Waals surface area contributed by atoms with Crippen molar-refractivity contribution in [2.45, 2.75) is 45.0 Å². The van der Waals surface area contributed by atoms with Crippen molar-refractivity contribution in [1.29, 1.82) is 0 Å². The molecule has 0 bridgehead atoms. The molecule has 1 atom stereocenters. The molecule has 0 amide bonds. The number of halogens is 6. The van der Waals surface area contributed by atoms with Gasteiger partial charge in [-0.25, -0.2) is 9.18 Å². The van der Waals surface area contributed by atoms with Crippen molar-refractivity contribution in [3.63, 3.8) is 0 Å². The Morgan fingerprint density at radius 1 is 1.16 bits per heavy atom. The van der Waals surface area contributed by atoms with E-state index in [2.05, 4.69) is 16.1 Å². The minimum absolute atomic E-state index is 0.187. The van der Waals surface area contributed by atoms with Gasteiger partial charge in [0.15, 0.2) is 0 Å². The highest BCUT2D eigenvalue weighted by Crippen LogP contribution is 2.38. The average Bonchev–Trinajstić information content (AvgIpc) is 2.12. The van der Waals surface area contributed by atoms with E-state index in [0.29, 0.717) is 0 Å². The average molecular weight is 294 g/mol. The van der Waals surface area contributed by atoms with Gasteiger partial charge in [-0.05, 0) is 6.92 Å². The largest absolute Gasteiger partial charge is 0.430 e. The molecule has 0 heterocycles. The summed E-state index contributed by atoms with van der Waals surface area (Å²) in [5.41, 5.74) is -0.187. The fourth-order valence-corrected chi connectivity index (χ4v) is 0.901. The van der Waals surface area contributed by atoms with Crippen molar-refractivity contribution < 1.29 is 40.6 Å². The highest BCUT2D eigenvalue weighted by Gasteiger charge is 2.60. The predicted octanol–water partition coefficient (Wildman–Crippen LogP) is 3.35. The Hall–Kier alpha value is -1.25. The van der Waals surface area contributed by atoms with Gasteiger partial charge in [0.2, 0.25) is 5.79 Å². The molecule has 0 aliphatic rings. The molecule has 0 fully saturated rings. The van der Waals surface area contributed by atoms with E-state index in [1.165, 1.54) is 6.92 Å². The first-order valence-electron chi connectivity index (χ1n) is 4.86. The molecule has 112 valence electrons. The summed E-state index contributed by atoms with van der Waals surface area (Å²) in [5, 5.41) is 0. The van der Waals surface area contributed by atoms with Crippen LogP contribution in [0, 0.1) is 0 Å². The van der Waals surface area contributed by atoms with Crippen molar-refractivity contribution in [3.05, 3.63) is 12.2 Å². The van der Waals surface area contributed by atoms with Crippen LogP contribution in [0.1, 0.15) is 20.8 Å². The van der Waals surface area contributed by atoms with Crippen molar-refractivity contribution in [3.8, 4) is 0 Å². The van der Waals surface area contributed by atoms with Crippen LogP contribution in [-0.2, 0) is 14.3 Å². The van der Waals surface area contributed by atoms with E-state index in [1.807, 2.05) is 0 Å². The van der Waals surface area contributed by atoms with Crippen molar-refractivity contribution in [2.75, 3.05) is 0 Å². The zero-order valence-corrected chi connectivity index (χ0v) is 10.3. The van der Waals surface area contributed by atoms with Crippen molar-refractivity contribution >= 4 is 5.97 Å². The van der Waals surface area contributed by atoms with Crippen LogP contribution in [0.2, 0.25) is 0 Å². The first-order valence-corrected chi connectivity index (χ1v) is 4.86. The SMILES string of the molecule is C=C(C)C(=O)OC(C)(C)OC(F)(F)C(F)C(F)(F)F. The van der Waals surface area contributed by atoms with Gasteiger partial charge >= 0.3 is 18.3 Å². The molecule has 0 aromatic heterocycles. The summed E-state index contributed by atoms with van der Waals surface area (Å²) in [6, 6.07) is 0. The Morgan fingerprint density at radius 2 is 1.58 bits per heavy atom. The Morgan fingerprint density at radius 3 is 1.89 bits per heavy atom. The van der Waals surface area contributed by atoms with Gasteiger partial charge in [0.05, 0.1) is 0 Å². The number of alkyl halides is 6. The van der Waals surface area contributed by atoms with Crippen LogP contribution in [0.15, 0.2) is 12.2 Å². The lowest BCUT2D eigenvalue weighted by Gasteiger charge is -2.31. The Bertz CT molecular complexity index is 361. The summed E-state index contributed by atoms with van der Waals surface area (Å²) in [6.45, 7) is 5.80. The lowest BCUT2D eigenvalue weighted by molar-refractivity contribution is -0.393. The molecule has 0 saturated carbocycles. The number of esters is 1. The monoisotopic (exact) mass is 294 g/mol. The molecule has 0 aromatic rings. The third-order valence-corrected chi connectivity index (χ3v) is 1.65. The van der Waals surface area contributed by atoms with E-state index in [1.54, 1.807) is 0 Å². The molecule has 0 aromatic carbocycles. The van der Waals surface area contributed by atoms with Crippen molar-refractivity contribution in [1.82, 2.24) is 0 Å². The molecule has 0 rings (SSSR count).